The van der Waals surface area contributed by atoms with Crippen LogP contribution in [-0.4, -0.2) is 69.2 Å². The molecule has 8 nitrogen and oxygen atoms in total. The second kappa shape index (κ2) is 8.63. The van der Waals surface area contributed by atoms with E-state index in [9.17, 15) is 9.59 Å². The number of hydrogen-bond acceptors (Lipinski definition) is 5. The van der Waals surface area contributed by atoms with Crippen molar-refractivity contribution < 1.29 is 14.3 Å². The summed E-state index contributed by atoms with van der Waals surface area (Å²) in [6, 6.07) is 5.52. The van der Waals surface area contributed by atoms with Crippen LogP contribution in [0.4, 0.5) is 0 Å². The summed E-state index contributed by atoms with van der Waals surface area (Å²) in [6.07, 6.45) is 8.48. The topological polar surface area (TPSA) is 80.6 Å². The maximum atomic E-state index is 12.7. The molecular weight excluding hydrogens is 370 g/mol. The summed E-state index contributed by atoms with van der Waals surface area (Å²) in [5.41, 5.74) is 1.35. The number of carbonyl (C=O) groups is 2. The lowest BCUT2D eigenvalue weighted by molar-refractivity contribution is -0.131. The molecule has 1 saturated heterocycles. The smallest absolute Gasteiger partial charge is 0.274 e. The number of hydrogen-bond donors (Lipinski definition) is 0. The van der Waals surface area contributed by atoms with Crippen molar-refractivity contribution in [1.29, 1.82) is 0 Å². The Balaban J connectivity index is 1.32. The van der Waals surface area contributed by atoms with Crippen molar-refractivity contribution in [3.05, 3.63) is 42.0 Å². The first-order valence-corrected chi connectivity index (χ1v) is 10.3. The molecule has 2 aromatic heterocycles. The molecule has 0 unspecified atom stereocenters. The van der Waals surface area contributed by atoms with E-state index in [0.717, 1.165) is 37.4 Å². The molecule has 29 heavy (non-hydrogen) atoms. The fraction of sp³-hybridized carbons (Fsp3) is 0.524. The third kappa shape index (κ3) is 4.58. The number of carbonyl (C=O) groups excluding carboxylic acids is 2. The van der Waals surface area contributed by atoms with Crippen LogP contribution in [0, 0.1) is 0 Å². The minimum atomic E-state index is -0.222. The molecule has 0 aliphatic carbocycles. The molecule has 4 rings (SSSR count). The number of likely N-dealkylation sites (tertiary alicyclic amines) is 1. The van der Waals surface area contributed by atoms with Crippen molar-refractivity contribution >= 4 is 11.8 Å². The molecule has 0 N–H and O–H groups in total. The number of fused-ring (bicyclic) bond motifs is 1. The van der Waals surface area contributed by atoms with Gasteiger partial charge in [0.25, 0.3) is 5.91 Å². The monoisotopic (exact) mass is 397 g/mol. The second-order valence-corrected chi connectivity index (χ2v) is 7.79. The molecule has 8 heteroatoms. The van der Waals surface area contributed by atoms with E-state index in [1.807, 2.05) is 27.8 Å². The lowest BCUT2D eigenvalue weighted by Gasteiger charge is -2.23. The van der Waals surface area contributed by atoms with E-state index in [1.54, 1.807) is 19.4 Å². The SMILES string of the molecule is CN(CC(=O)N1CCCCCC1)C(=O)c1cc2n(n1)C[C@@H](Oc1cccnc1)C2. The predicted molar refractivity (Wildman–Crippen MR) is 107 cm³/mol. The Hall–Kier alpha value is -2.90. The van der Waals surface area contributed by atoms with Gasteiger partial charge in [-0.25, -0.2) is 0 Å². The van der Waals surface area contributed by atoms with Crippen LogP contribution in [0.1, 0.15) is 41.9 Å². The van der Waals surface area contributed by atoms with Crippen molar-refractivity contribution in [2.75, 3.05) is 26.7 Å². The Morgan fingerprint density at radius 3 is 2.72 bits per heavy atom. The van der Waals surface area contributed by atoms with E-state index < -0.39 is 0 Å². The van der Waals surface area contributed by atoms with Crippen LogP contribution in [0.3, 0.4) is 0 Å². The van der Waals surface area contributed by atoms with Crippen LogP contribution < -0.4 is 4.74 Å². The van der Waals surface area contributed by atoms with E-state index in [-0.39, 0.29) is 24.5 Å². The molecule has 0 saturated carbocycles. The highest BCUT2D eigenvalue weighted by Crippen LogP contribution is 2.21. The average Bonchev–Trinajstić information content (AvgIpc) is 3.14. The molecule has 1 fully saturated rings. The van der Waals surface area contributed by atoms with Gasteiger partial charge < -0.3 is 14.5 Å². The standard InChI is InChI=1S/C21H27N5O3/c1-24(15-20(27)25-9-4-2-3-5-10-25)21(28)19-12-16-11-18(14-26(16)23-19)29-17-7-6-8-22-13-17/h6-8,12-13,18H,2-5,9-11,14-15H2,1H3/t18-/m0/s1. The highest BCUT2D eigenvalue weighted by atomic mass is 16.5. The van der Waals surface area contributed by atoms with E-state index in [0.29, 0.717) is 18.7 Å². The van der Waals surface area contributed by atoms with Gasteiger partial charge in [0.15, 0.2) is 5.69 Å². The molecule has 0 radical (unpaired) electrons. The summed E-state index contributed by atoms with van der Waals surface area (Å²) in [6.45, 7) is 2.26. The fourth-order valence-electron chi connectivity index (χ4n) is 3.95. The van der Waals surface area contributed by atoms with E-state index in [1.165, 1.54) is 17.7 Å². The van der Waals surface area contributed by atoms with E-state index >= 15 is 0 Å². The number of pyridine rings is 1. The molecule has 2 aliphatic rings. The first kappa shape index (κ1) is 19.4. The van der Waals surface area contributed by atoms with Gasteiger partial charge in [0.05, 0.1) is 19.3 Å². The second-order valence-electron chi connectivity index (χ2n) is 7.79. The quantitative estimate of drug-likeness (QED) is 0.768. The molecule has 1 atom stereocenters. The molecule has 0 aromatic carbocycles. The fourth-order valence-corrected chi connectivity index (χ4v) is 3.95. The largest absolute Gasteiger partial charge is 0.486 e. The molecule has 2 amide bonds. The van der Waals surface area contributed by atoms with Crippen LogP contribution in [0.15, 0.2) is 30.6 Å². The Morgan fingerprint density at radius 1 is 1.24 bits per heavy atom. The van der Waals surface area contributed by atoms with Gasteiger partial charge in [-0.1, -0.05) is 12.8 Å². The van der Waals surface area contributed by atoms with Crippen molar-refractivity contribution in [2.45, 2.75) is 44.8 Å². The van der Waals surface area contributed by atoms with Crippen LogP contribution >= 0.6 is 0 Å². The third-order valence-corrected chi connectivity index (χ3v) is 5.51. The summed E-state index contributed by atoms with van der Waals surface area (Å²) in [7, 11) is 1.66. The predicted octanol–water partition coefficient (Wildman–Crippen LogP) is 1.76. The lowest BCUT2D eigenvalue weighted by Crippen LogP contribution is -2.41. The van der Waals surface area contributed by atoms with Gasteiger partial charge in [0.2, 0.25) is 5.91 Å². The first-order chi connectivity index (χ1) is 14.1. The van der Waals surface area contributed by atoms with Crippen molar-refractivity contribution in [2.24, 2.45) is 0 Å². The molecule has 4 heterocycles. The van der Waals surface area contributed by atoms with Crippen molar-refractivity contribution in [1.82, 2.24) is 24.6 Å². The van der Waals surface area contributed by atoms with E-state index in [2.05, 4.69) is 10.1 Å². The highest BCUT2D eigenvalue weighted by molar-refractivity contribution is 5.94. The van der Waals surface area contributed by atoms with Gasteiger partial charge in [-0.2, -0.15) is 5.10 Å². The maximum Gasteiger partial charge on any atom is 0.274 e. The molecule has 154 valence electrons. The molecule has 0 spiro atoms. The summed E-state index contributed by atoms with van der Waals surface area (Å²) in [5.74, 6) is 0.519. The van der Waals surface area contributed by atoms with Gasteiger partial charge in [0, 0.05) is 38.4 Å². The summed E-state index contributed by atoms with van der Waals surface area (Å²) >= 11 is 0. The molecule has 0 bridgehead atoms. The molecular formula is C21H27N5O3. The molecule has 2 aromatic rings. The van der Waals surface area contributed by atoms with E-state index in [4.69, 9.17) is 4.74 Å². The van der Waals surface area contributed by atoms with Gasteiger partial charge in [0.1, 0.15) is 11.9 Å². The van der Waals surface area contributed by atoms with Crippen LogP contribution in [-0.2, 0) is 17.8 Å². The van der Waals surface area contributed by atoms with Crippen LogP contribution in [0.25, 0.3) is 0 Å². The Labute approximate surface area is 170 Å². The third-order valence-electron chi connectivity index (χ3n) is 5.51. The first-order valence-electron chi connectivity index (χ1n) is 10.3. The number of rotatable bonds is 5. The zero-order valence-electron chi connectivity index (χ0n) is 16.8. The summed E-state index contributed by atoms with van der Waals surface area (Å²) in [4.78, 5) is 32.7. The van der Waals surface area contributed by atoms with Crippen molar-refractivity contribution in [3.63, 3.8) is 0 Å². The number of ether oxygens (including phenoxy) is 1. The van der Waals surface area contributed by atoms with Crippen LogP contribution in [0.2, 0.25) is 0 Å². The number of likely N-dealkylation sites (N-methyl/N-ethyl adjacent to an activating group) is 1. The zero-order valence-corrected chi connectivity index (χ0v) is 16.8. The Bertz CT molecular complexity index is 835. The average molecular weight is 397 g/mol. The van der Waals surface area contributed by atoms with Gasteiger partial charge in [-0.3, -0.25) is 19.3 Å². The Morgan fingerprint density at radius 2 is 2.03 bits per heavy atom. The van der Waals surface area contributed by atoms with Gasteiger partial charge in [-0.15, -0.1) is 0 Å². The van der Waals surface area contributed by atoms with Gasteiger partial charge in [-0.05, 0) is 31.0 Å². The van der Waals surface area contributed by atoms with Gasteiger partial charge >= 0.3 is 0 Å². The highest BCUT2D eigenvalue weighted by Gasteiger charge is 2.28. The zero-order chi connectivity index (χ0) is 20.2. The molecule has 2 aliphatic heterocycles. The number of aromatic nitrogens is 3. The summed E-state index contributed by atoms with van der Waals surface area (Å²) < 4.78 is 7.74. The lowest BCUT2D eigenvalue weighted by atomic mass is 10.2. The number of amides is 2. The summed E-state index contributed by atoms with van der Waals surface area (Å²) in [5, 5.41) is 4.44. The van der Waals surface area contributed by atoms with Crippen molar-refractivity contribution in [3.8, 4) is 5.75 Å². The number of nitrogens with zero attached hydrogens (tertiary/aromatic N) is 5. The minimum Gasteiger partial charge on any atom is -0.486 e. The van der Waals surface area contributed by atoms with Crippen LogP contribution in [0.5, 0.6) is 5.75 Å². The Kier molecular flexibility index (Phi) is 5.78. The minimum absolute atomic E-state index is 0.0134. The maximum absolute atomic E-state index is 12.7. The normalized spacial score (nSPS) is 18.8.